The number of nitrogens with one attached hydrogen (secondary N) is 1. The zero-order valence-corrected chi connectivity index (χ0v) is 20.2. The Hall–Kier alpha value is -4.63. The van der Waals surface area contributed by atoms with E-state index in [0.717, 1.165) is 6.92 Å². The Labute approximate surface area is 227 Å². The molecule has 0 aliphatic heterocycles. The number of benzene rings is 4. The Bertz CT molecular complexity index is 1960. The van der Waals surface area contributed by atoms with Crippen LogP contribution in [0.5, 0.6) is 0 Å². The number of aromatic amines is 1. The van der Waals surface area contributed by atoms with Crippen molar-refractivity contribution in [2.75, 3.05) is 0 Å². The number of fused-ring (bicyclic) bond motifs is 1. The van der Waals surface area contributed by atoms with Crippen LogP contribution in [0.4, 0.5) is 65.9 Å². The van der Waals surface area contributed by atoms with Crippen molar-refractivity contribution >= 4 is 10.9 Å². The van der Waals surface area contributed by atoms with Crippen molar-refractivity contribution in [3.8, 4) is 33.4 Å². The highest BCUT2D eigenvalue weighted by Crippen LogP contribution is 2.49. The molecule has 5 aromatic rings. The Kier molecular flexibility index (Phi) is 6.93. The van der Waals surface area contributed by atoms with Gasteiger partial charge in [0.15, 0.2) is 69.8 Å². The van der Waals surface area contributed by atoms with Gasteiger partial charge in [0.25, 0.3) is 0 Å². The molecular weight excluding hydrogens is 623 g/mol. The lowest BCUT2D eigenvalue weighted by molar-refractivity contribution is 0.380. The molecule has 4 aromatic carbocycles. The monoisotopic (exact) mass is 628 g/mol. The molecule has 1 N–H and O–H groups in total. The number of hydrogen-bond donors (Lipinski definition) is 1. The molecule has 5 rings (SSSR count). The maximum Gasteiger partial charge on any atom is 0.200 e. The van der Waals surface area contributed by atoms with Gasteiger partial charge in [0.2, 0.25) is 17.5 Å². The molecule has 0 saturated heterocycles. The number of hydrogen-bond acceptors (Lipinski definition) is 0. The summed E-state index contributed by atoms with van der Waals surface area (Å²) < 4.78 is 217. The predicted molar refractivity (Wildman–Crippen MR) is 118 cm³/mol. The van der Waals surface area contributed by atoms with Gasteiger partial charge in [0.1, 0.15) is 0 Å². The molecule has 0 fully saturated rings. The Morgan fingerprint density at radius 3 is 1.07 bits per heavy atom. The molecule has 16 heteroatoms. The average Bonchev–Trinajstić information content (AvgIpc) is 3.38. The summed E-state index contributed by atoms with van der Waals surface area (Å²) in [5, 5.41) is -1.25. The number of halogens is 15. The standard InChI is InChI=1S/C27H5F15N/c1-4-2-6-8(5(3-43-6)9-13(28)19(34)25(40)20(35)14(9)29)10(12-17(32)23(38)27(42)24(39)18(12)33)7(4)11-15(30)21(36)26(41)22(37)16(11)31/h2,43H,1H3. The topological polar surface area (TPSA) is 15.8 Å². The zero-order valence-electron chi connectivity index (χ0n) is 20.2. The SMILES string of the molecule is Cc1cc2[nH][c]c(-c3c(F)c(F)c(F)c(F)c3F)c2c(-c2c(F)c(F)c(F)c(F)c2F)c1-c1c(F)c(F)c(F)c(F)c1F. The lowest BCUT2D eigenvalue weighted by atomic mass is 9.85. The lowest BCUT2D eigenvalue weighted by Crippen LogP contribution is -2.09. The molecular formula is C27H5F15N. The highest BCUT2D eigenvalue weighted by molar-refractivity contribution is 6.11. The van der Waals surface area contributed by atoms with E-state index in [1.54, 1.807) is 0 Å². The van der Waals surface area contributed by atoms with Gasteiger partial charge in [-0.2, -0.15) is 0 Å². The van der Waals surface area contributed by atoms with E-state index >= 15 is 17.6 Å². The maximum absolute atomic E-state index is 15.2. The average molecular weight is 628 g/mol. The maximum atomic E-state index is 15.2. The Morgan fingerprint density at radius 2 is 0.698 bits per heavy atom. The summed E-state index contributed by atoms with van der Waals surface area (Å²) in [5.41, 5.74) is -11.9. The molecule has 1 aromatic heterocycles. The molecule has 0 amide bonds. The van der Waals surface area contributed by atoms with Gasteiger partial charge in [-0.3, -0.25) is 0 Å². The van der Waals surface area contributed by atoms with E-state index in [1.165, 1.54) is 0 Å². The van der Waals surface area contributed by atoms with Crippen LogP contribution in [0.3, 0.4) is 0 Å². The van der Waals surface area contributed by atoms with Gasteiger partial charge in [-0.1, -0.05) is 0 Å². The second-order valence-corrected chi connectivity index (χ2v) is 8.83. The first-order valence-electron chi connectivity index (χ1n) is 11.2. The van der Waals surface area contributed by atoms with Crippen molar-refractivity contribution in [2.45, 2.75) is 6.92 Å². The van der Waals surface area contributed by atoms with Crippen LogP contribution < -0.4 is 0 Å². The van der Waals surface area contributed by atoms with Gasteiger partial charge in [-0.15, -0.1) is 0 Å². The van der Waals surface area contributed by atoms with Crippen LogP contribution in [0.1, 0.15) is 5.56 Å². The summed E-state index contributed by atoms with van der Waals surface area (Å²) in [7, 11) is 0. The minimum Gasteiger partial charge on any atom is -0.353 e. The zero-order chi connectivity index (χ0) is 32.0. The summed E-state index contributed by atoms with van der Waals surface area (Å²) in [5.74, 6) is -40.0. The fraction of sp³-hybridized carbons (Fsp3) is 0.0370. The fourth-order valence-corrected chi connectivity index (χ4v) is 4.60. The number of H-pyrrole nitrogens is 1. The molecule has 43 heavy (non-hydrogen) atoms. The number of rotatable bonds is 3. The summed E-state index contributed by atoms with van der Waals surface area (Å²) in [6.07, 6.45) is 1.88. The number of aromatic nitrogens is 1. The highest BCUT2D eigenvalue weighted by Gasteiger charge is 2.36. The quantitative estimate of drug-likeness (QED) is 0.117. The molecule has 0 aliphatic rings. The molecule has 0 bridgehead atoms. The molecule has 0 aliphatic carbocycles. The third kappa shape index (κ3) is 3.98. The fourth-order valence-electron chi connectivity index (χ4n) is 4.60. The molecule has 0 atom stereocenters. The van der Waals surface area contributed by atoms with E-state index in [9.17, 15) is 48.3 Å². The lowest BCUT2D eigenvalue weighted by Gasteiger charge is -2.20. The number of aryl methyl sites for hydroxylation is 1. The van der Waals surface area contributed by atoms with E-state index in [4.69, 9.17) is 0 Å². The van der Waals surface area contributed by atoms with Gasteiger partial charge in [-0.05, 0) is 24.1 Å². The molecule has 0 saturated carbocycles. The van der Waals surface area contributed by atoms with Crippen molar-refractivity contribution in [3.63, 3.8) is 0 Å². The van der Waals surface area contributed by atoms with Crippen molar-refractivity contribution in [1.29, 1.82) is 0 Å². The van der Waals surface area contributed by atoms with Gasteiger partial charge in [0.05, 0.1) is 22.9 Å². The van der Waals surface area contributed by atoms with E-state index in [-0.39, 0.29) is 0 Å². The molecule has 1 radical (unpaired) electrons. The normalized spacial score (nSPS) is 11.7. The summed E-state index contributed by atoms with van der Waals surface area (Å²) in [6.45, 7) is 0.807. The first-order chi connectivity index (χ1) is 20.0. The minimum atomic E-state index is -2.77. The Balaban J connectivity index is 2.14. The van der Waals surface area contributed by atoms with Gasteiger partial charge in [-0.25, -0.2) is 65.9 Å². The molecule has 0 unspecified atom stereocenters. The van der Waals surface area contributed by atoms with Crippen LogP contribution in [0.2, 0.25) is 0 Å². The van der Waals surface area contributed by atoms with Crippen molar-refractivity contribution < 1.29 is 65.9 Å². The van der Waals surface area contributed by atoms with E-state index in [0.29, 0.717) is 6.07 Å². The smallest absolute Gasteiger partial charge is 0.200 e. The second kappa shape index (κ2) is 9.98. The summed E-state index contributed by atoms with van der Waals surface area (Å²) >= 11 is 0. The van der Waals surface area contributed by atoms with Crippen LogP contribution in [-0.2, 0) is 0 Å². The third-order valence-corrected chi connectivity index (χ3v) is 6.48. The molecule has 223 valence electrons. The summed E-state index contributed by atoms with van der Waals surface area (Å²) in [4.78, 5) is 2.07. The second-order valence-electron chi connectivity index (χ2n) is 8.83. The van der Waals surface area contributed by atoms with Crippen LogP contribution in [0, 0.1) is 100 Å². The van der Waals surface area contributed by atoms with E-state index in [1.807, 2.05) is 6.20 Å². The van der Waals surface area contributed by atoms with Crippen LogP contribution in [-0.4, -0.2) is 4.98 Å². The Morgan fingerprint density at radius 1 is 0.395 bits per heavy atom. The van der Waals surface area contributed by atoms with Crippen molar-refractivity contribution in [2.24, 2.45) is 0 Å². The molecule has 1 heterocycles. The highest BCUT2D eigenvalue weighted by atomic mass is 19.2. The largest absolute Gasteiger partial charge is 0.353 e. The van der Waals surface area contributed by atoms with Gasteiger partial charge >= 0.3 is 0 Å². The minimum absolute atomic E-state index is 0.685. The first-order valence-corrected chi connectivity index (χ1v) is 11.2. The summed E-state index contributed by atoms with van der Waals surface area (Å²) in [6, 6.07) is 0.685. The third-order valence-electron chi connectivity index (χ3n) is 6.48. The van der Waals surface area contributed by atoms with Gasteiger partial charge < -0.3 is 4.98 Å². The van der Waals surface area contributed by atoms with Crippen molar-refractivity contribution in [1.82, 2.24) is 4.98 Å². The van der Waals surface area contributed by atoms with Crippen molar-refractivity contribution in [3.05, 3.63) is 105 Å². The first kappa shape index (κ1) is 29.8. The van der Waals surface area contributed by atoms with E-state index in [2.05, 4.69) is 4.98 Å². The van der Waals surface area contributed by atoms with Crippen LogP contribution in [0.15, 0.2) is 6.07 Å². The van der Waals surface area contributed by atoms with Crippen LogP contribution in [0.25, 0.3) is 44.3 Å². The molecule has 0 spiro atoms. The van der Waals surface area contributed by atoms with Gasteiger partial charge in [0, 0.05) is 22.0 Å². The van der Waals surface area contributed by atoms with Crippen LogP contribution >= 0.6 is 0 Å². The van der Waals surface area contributed by atoms with E-state index < -0.39 is 137 Å². The predicted octanol–water partition coefficient (Wildman–Crippen LogP) is 9.36. The molecule has 1 nitrogen and oxygen atoms in total.